The standard InChI is InChI=1S/C12H18N2O3/c1-9-5-6-11(14(15)16)10(7-9)13-12(2,3)8-17-4/h5-7,13H,8H2,1-4H3. The molecule has 1 rings (SSSR count). The molecule has 1 N–H and O–H groups in total. The van der Waals surface area contributed by atoms with Crippen molar-refractivity contribution in [3.8, 4) is 0 Å². The van der Waals surface area contributed by atoms with E-state index in [-0.39, 0.29) is 16.1 Å². The summed E-state index contributed by atoms with van der Waals surface area (Å²) < 4.78 is 5.08. The average molecular weight is 238 g/mol. The first-order valence-electron chi connectivity index (χ1n) is 5.38. The van der Waals surface area contributed by atoms with Crippen LogP contribution in [0.3, 0.4) is 0 Å². The highest BCUT2D eigenvalue weighted by atomic mass is 16.6. The lowest BCUT2D eigenvalue weighted by molar-refractivity contribution is -0.384. The molecule has 5 nitrogen and oxygen atoms in total. The highest BCUT2D eigenvalue weighted by Crippen LogP contribution is 2.28. The summed E-state index contributed by atoms with van der Waals surface area (Å²) in [5, 5.41) is 14.1. The lowest BCUT2D eigenvalue weighted by atomic mass is 10.1. The van der Waals surface area contributed by atoms with Crippen molar-refractivity contribution in [2.45, 2.75) is 26.3 Å². The molecule has 0 saturated carbocycles. The maximum Gasteiger partial charge on any atom is 0.292 e. The highest BCUT2D eigenvalue weighted by molar-refractivity contribution is 5.63. The van der Waals surface area contributed by atoms with Gasteiger partial charge in [0.25, 0.3) is 5.69 Å². The van der Waals surface area contributed by atoms with Gasteiger partial charge in [0.2, 0.25) is 0 Å². The summed E-state index contributed by atoms with van der Waals surface area (Å²) in [6, 6.07) is 5.02. The molecule has 0 aliphatic rings. The van der Waals surface area contributed by atoms with Crippen molar-refractivity contribution in [2.24, 2.45) is 0 Å². The van der Waals surface area contributed by atoms with Crippen LogP contribution in [0.1, 0.15) is 19.4 Å². The van der Waals surface area contributed by atoms with Crippen LogP contribution >= 0.6 is 0 Å². The first-order valence-corrected chi connectivity index (χ1v) is 5.38. The van der Waals surface area contributed by atoms with E-state index in [4.69, 9.17) is 4.74 Å². The molecule has 0 heterocycles. The molecule has 0 unspecified atom stereocenters. The van der Waals surface area contributed by atoms with Gasteiger partial charge in [-0.1, -0.05) is 6.07 Å². The normalized spacial score (nSPS) is 11.3. The van der Waals surface area contributed by atoms with E-state index in [1.165, 1.54) is 6.07 Å². The molecule has 0 aliphatic heterocycles. The van der Waals surface area contributed by atoms with Gasteiger partial charge >= 0.3 is 0 Å². The lowest BCUT2D eigenvalue weighted by Gasteiger charge is -2.26. The zero-order valence-electron chi connectivity index (χ0n) is 10.6. The minimum Gasteiger partial charge on any atom is -0.382 e. The highest BCUT2D eigenvalue weighted by Gasteiger charge is 2.22. The van der Waals surface area contributed by atoms with Gasteiger partial charge in [0.05, 0.1) is 17.1 Å². The van der Waals surface area contributed by atoms with E-state index >= 15 is 0 Å². The van der Waals surface area contributed by atoms with Crippen LogP contribution < -0.4 is 5.32 Å². The van der Waals surface area contributed by atoms with E-state index in [1.54, 1.807) is 19.2 Å². The Morgan fingerprint density at radius 3 is 2.65 bits per heavy atom. The van der Waals surface area contributed by atoms with Crippen LogP contribution in [-0.2, 0) is 4.74 Å². The van der Waals surface area contributed by atoms with Gasteiger partial charge in [-0.3, -0.25) is 10.1 Å². The van der Waals surface area contributed by atoms with Crippen molar-refractivity contribution in [1.29, 1.82) is 0 Å². The molecule has 0 radical (unpaired) electrons. The zero-order chi connectivity index (χ0) is 13.1. The number of aryl methyl sites for hydroxylation is 1. The number of nitro groups is 1. The van der Waals surface area contributed by atoms with Gasteiger partial charge in [0, 0.05) is 13.2 Å². The smallest absolute Gasteiger partial charge is 0.292 e. The summed E-state index contributed by atoms with van der Waals surface area (Å²) in [6.45, 7) is 6.24. The van der Waals surface area contributed by atoms with Gasteiger partial charge < -0.3 is 10.1 Å². The van der Waals surface area contributed by atoms with E-state index in [0.717, 1.165) is 5.56 Å². The first-order chi connectivity index (χ1) is 7.85. The predicted octanol–water partition coefficient (Wildman–Crippen LogP) is 2.74. The van der Waals surface area contributed by atoms with E-state index in [0.29, 0.717) is 12.3 Å². The monoisotopic (exact) mass is 238 g/mol. The van der Waals surface area contributed by atoms with Crippen molar-refractivity contribution in [1.82, 2.24) is 0 Å². The minimum atomic E-state index is -0.384. The Morgan fingerprint density at radius 1 is 1.47 bits per heavy atom. The maximum absolute atomic E-state index is 10.9. The Morgan fingerprint density at radius 2 is 2.12 bits per heavy atom. The maximum atomic E-state index is 10.9. The fourth-order valence-corrected chi connectivity index (χ4v) is 1.67. The Labute approximate surface area is 101 Å². The van der Waals surface area contributed by atoms with Gasteiger partial charge in [0.1, 0.15) is 5.69 Å². The topological polar surface area (TPSA) is 64.4 Å². The second-order valence-electron chi connectivity index (χ2n) is 4.72. The third-order valence-electron chi connectivity index (χ3n) is 2.33. The molecule has 0 fully saturated rings. The van der Waals surface area contributed by atoms with Crippen molar-refractivity contribution in [3.63, 3.8) is 0 Å². The fourth-order valence-electron chi connectivity index (χ4n) is 1.67. The summed E-state index contributed by atoms with van der Waals surface area (Å²) in [7, 11) is 1.61. The number of methoxy groups -OCH3 is 1. The van der Waals surface area contributed by atoms with Crippen molar-refractivity contribution < 1.29 is 9.66 Å². The fraction of sp³-hybridized carbons (Fsp3) is 0.500. The Bertz CT molecular complexity index is 416. The van der Waals surface area contributed by atoms with Gasteiger partial charge in [-0.05, 0) is 32.4 Å². The van der Waals surface area contributed by atoms with Crippen molar-refractivity contribution in [3.05, 3.63) is 33.9 Å². The number of ether oxygens (including phenoxy) is 1. The summed E-state index contributed by atoms with van der Waals surface area (Å²) in [5.41, 5.74) is 1.23. The van der Waals surface area contributed by atoms with E-state index in [9.17, 15) is 10.1 Å². The number of rotatable bonds is 5. The molecular formula is C12H18N2O3. The lowest BCUT2D eigenvalue weighted by Crippen LogP contribution is -2.36. The zero-order valence-corrected chi connectivity index (χ0v) is 10.6. The summed E-state index contributed by atoms with van der Waals surface area (Å²) >= 11 is 0. The van der Waals surface area contributed by atoms with Crippen LogP contribution in [0.2, 0.25) is 0 Å². The third-order valence-corrected chi connectivity index (χ3v) is 2.33. The van der Waals surface area contributed by atoms with Gasteiger partial charge in [0.15, 0.2) is 0 Å². The molecule has 17 heavy (non-hydrogen) atoms. The molecule has 1 aromatic rings. The number of nitrogens with one attached hydrogen (secondary N) is 1. The number of benzene rings is 1. The van der Waals surface area contributed by atoms with Crippen molar-refractivity contribution >= 4 is 11.4 Å². The molecule has 5 heteroatoms. The Hall–Kier alpha value is -1.62. The minimum absolute atomic E-state index is 0.0831. The molecular weight excluding hydrogens is 220 g/mol. The quantitative estimate of drug-likeness (QED) is 0.632. The molecule has 0 spiro atoms. The van der Waals surface area contributed by atoms with Crippen LogP contribution in [0.25, 0.3) is 0 Å². The molecule has 94 valence electrons. The number of nitro benzene ring substituents is 1. The molecule has 0 amide bonds. The number of hydrogen-bond acceptors (Lipinski definition) is 4. The largest absolute Gasteiger partial charge is 0.382 e. The van der Waals surface area contributed by atoms with E-state index in [2.05, 4.69) is 5.32 Å². The third kappa shape index (κ3) is 3.71. The Kier molecular flexibility index (Phi) is 4.07. The van der Waals surface area contributed by atoms with Crippen LogP contribution in [0.5, 0.6) is 0 Å². The summed E-state index contributed by atoms with van der Waals surface area (Å²) in [6.07, 6.45) is 0. The van der Waals surface area contributed by atoms with Gasteiger partial charge in [-0.2, -0.15) is 0 Å². The van der Waals surface area contributed by atoms with Crippen molar-refractivity contribution in [2.75, 3.05) is 19.0 Å². The molecule has 0 atom stereocenters. The number of anilines is 1. The summed E-state index contributed by atoms with van der Waals surface area (Å²) in [5.74, 6) is 0. The van der Waals surface area contributed by atoms with E-state index in [1.807, 2.05) is 20.8 Å². The van der Waals surface area contributed by atoms with Crippen LogP contribution in [0, 0.1) is 17.0 Å². The summed E-state index contributed by atoms with van der Waals surface area (Å²) in [4.78, 5) is 10.5. The van der Waals surface area contributed by atoms with Gasteiger partial charge in [-0.15, -0.1) is 0 Å². The SMILES string of the molecule is COCC(C)(C)Nc1cc(C)ccc1[N+](=O)[O-]. The molecule has 0 saturated heterocycles. The molecule has 1 aromatic carbocycles. The molecule has 0 bridgehead atoms. The number of hydrogen-bond donors (Lipinski definition) is 1. The Balaban J connectivity index is 3.04. The molecule has 0 aliphatic carbocycles. The predicted molar refractivity (Wildman–Crippen MR) is 67.4 cm³/mol. The second kappa shape index (κ2) is 5.14. The number of nitrogens with zero attached hydrogens (tertiary/aromatic N) is 1. The van der Waals surface area contributed by atoms with E-state index < -0.39 is 0 Å². The first kappa shape index (κ1) is 13.4. The van der Waals surface area contributed by atoms with Crippen LogP contribution in [0.15, 0.2) is 18.2 Å². The van der Waals surface area contributed by atoms with Gasteiger partial charge in [-0.25, -0.2) is 0 Å². The van der Waals surface area contributed by atoms with Crippen LogP contribution in [-0.4, -0.2) is 24.2 Å². The average Bonchev–Trinajstić information content (AvgIpc) is 2.15. The molecule has 0 aromatic heterocycles. The van der Waals surface area contributed by atoms with Crippen LogP contribution in [0.4, 0.5) is 11.4 Å². The second-order valence-corrected chi connectivity index (χ2v) is 4.72.